The smallest absolute Gasteiger partial charge is 0.422 e. The van der Waals surface area contributed by atoms with Crippen LogP contribution < -0.4 is 14.8 Å². The highest BCUT2D eigenvalue weighted by Gasteiger charge is 2.28. The summed E-state index contributed by atoms with van der Waals surface area (Å²) in [4.78, 5) is 3.38. The number of halogens is 3. The Morgan fingerprint density at radius 3 is 2.52 bits per heavy atom. The van der Waals surface area contributed by atoms with Crippen molar-refractivity contribution in [3.05, 3.63) is 18.3 Å². The normalized spacial score (nSPS) is 12.3. The molecule has 1 aromatic rings. The number of aromatic nitrogens is 1. The summed E-state index contributed by atoms with van der Waals surface area (Å²) in [6, 6.07) is 2.19. The van der Waals surface area contributed by atoms with Crippen molar-refractivity contribution in [2.45, 2.75) is 11.1 Å². The molecule has 1 heterocycles. The fraction of sp³-hybridized carbons (Fsp3) is 0.583. The van der Waals surface area contributed by atoms with E-state index in [4.69, 9.17) is 4.74 Å². The van der Waals surface area contributed by atoms with E-state index in [1.165, 1.54) is 0 Å². The van der Waals surface area contributed by atoms with Gasteiger partial charge in [-0.1, -0.05) is 0 Å². The Morgan fingerprint density at radius 2 is 1.96 bits per heavy atom. The second-order valence-electron chi connectivity index (χ2n) is 4.38. The second kappa shape index (κ2) is 9.01. The minimum Gasteiger partial charge on any atom is -0.468 e. The van der Waals surface area contributed by atoms with Crippen LogP contribution in [-0.4, -0.2) is 59.5 Å². The number of methoxy groups -OCH3 is 1. The van der Waals surface area contributed by atoms with Crippen LogP contribution in [0, 0.1) is 0 Å². The standard InChI is InChI=1S/C12H18F3N3O4S/c1-21-7-6-16-4-5-18-23(19,20)10-2-3-11(17-8-10)22-9-12(13,14)15/h2-3,8,16,18H,4-7,9H2,1H3. The molecule has 132 valence electrons. The number of pyridine rings is 1. The van der Waals surface area contributed by atoms with Gasteiger partial charge in [0, 0.05) is 32.8 Å². The summed E-state index contributed by atoms with van der Waals surface area (Å²) in [7, 11) is -2.22. The lowest BCUT2D eigenvalue weighted by molar-refractivity contribution is -0.154. The fourth-order valence-electron chi connectivity index (χ4n) is 1.42. The Morgan fingerprint density at radius 1 is 1.22 bits per heavy atom. The van der Waals surface area contributed by atoms with Gasteiger partial charge in [-0.2, -0.15) is 13.2 Å². The molecular formula is C12H18F3N3O4S. The van der Waals surface area contributed by atoms with E-state index < -0.39 is 22.8 Å². The molecule has 1 rings (SSSR count). The highest BCUT2D eigenvalue weighted by Crippen LogP contribution is 2.17. The first kappa shape index (κ1) is 19.6. The highest BCUT2D eigenvalue weighted by atomic mass is 32.2. The summed E-state index contributed by atoms with van der Waals surface area (Å²) in [6.07, 6.45) is -3.55. The number of hydrogen-bond donors (Lipinski definition) is 2. The summed E-state index contributed by atoms with van der Waals surface area (Å²) in [5.41, 5.74) is 0. The Labute approximate surface area is 132 Å². The van der Waals surface area contributed by atoms with Crippen LogP contribution in [0.1, 0.15) is 0 Å². The van der Waals surface area contributed by atoms with Gasteiger partial charge in [0.2, 0.25) is 15.9 Å². The molecule has 0 radical (unpaired) electrons. The Hall–Kier alpha value is -1.43. The van der Waals surface area contributed by atoms with Crippen molar-refractivity contribution in [3.8, 4) is 5.88 Å². The van der Waals surface area contributed by atoms with Crippen LogP contribution in [0.3, 0.4) is 0 Å². The molecule has 0 fully saturated rings. The third-order valence-corrected chi connectivity index (χ3v) is 3.93. The van der Waals surface area contributed by atoms with E-state index in [0.717, 1.165) is 18.3 Å². The van der Waals surface area contributed by atoms with Gasteiger partial charge in [0.05, 0.1) is 12.8 Å². The summed E-state index contributed by atoms with van der Waals surface area (Å²) in [5, 5.41) is 2.96. The summed E-state index contributed by atoms with van der Waals surface area (Å²) < 4.78 is 71.4. The van der Waals surface area contributed by atoms with Gasteiger partial charge in [0.1, 0.15) is 4.90 Å². The van der Waals surface area contributed by atoms with Crippen LogP contribution >= 0.6 is 0 Å². The fourth-order valence-corrected chi connectivity index (χ4v) is 2.40. The van der Waals surface area contributed by atoms with Crippen LogP contribution in [0.15, 0.2) is 23.2 Å². The van der Waals surface area contributed by atoms with Gasteiger partial charge in [-0.15, -0.1) is 0 Å². The van der Waals surface area contributed by atoms with Gasteiger partial charge >= 0.3 is 6.18 Å². The van der Waals surface area contributed by atoms with Crippen LogP contribution in [0.25, 0.3) is 0 Å². The van der Waals surface area contributed by atoms with E-state index in [2.05, 4.69) is 19.8 Å². The second-order valence-corrected chi connectivity index (χ2v) is 6.14. The lowest BCUT2D eigenvalue weighted by Crippen LogP contribution is -2.33. The van der Waals surface area contributed by atoms with E-state index in [-0.39, 0.29) is 17.3 Å². The molecule has 7 nitrogen and oxygen atoms in total. The molecule has 0 aliphatic rings. The molecule has 0 saturated heterocycles. The van der Waals surface area contributed by atoms with Gasteiger partial charge in [0.25, 0.3) is 0 Å². The zero-order valence-electron chi connectivity index (χ0n) is 12.4. The summed E-state index contributed by atoms with van der Waals surface area (Å²) in [5.74, 6) is -0.303. The Balaban J connectivity index is 2.47. The van der Waals surface area contributed by atoms with Gasteiger partial charge < -0.3 is 14.8 Å². The van der Waals surface area contributed by atoms with Crippen molar-refractivity contribution in [2.75, 3.05) is 40.0 Å². The van der Waals surface area contributed by atoms with E-state index >= 15 is 0 Å². The number of alkyl halides is 3. The predicted molar refractivity (Wildman–Crippen MR) is 75.7 cm³/mol. The molecule has 0 saturated carbocycles. The van der Waals surface area contributed by atoms with Crippen molar-refractivity contribution < 1.29 is 31.1 Å². The number of sulfonamides is 1. The van der Waals surface area contributed by atoms with E-state index in [0.29, 0.717) is 19.7 Å². The average molecular weight is 357 g/mol. The van der Waals surface area contributed by atoms with Gasteiger partial charge in [-0.3, -0.25) is 0 Å². The molecule has 0 aromatic carbocycles. The lowest BCUT2D eigenvalue weighted by atomic mass is 10.5. The van der Waals surface area contributed by atoms with Crippen molar-refractivity contribution >= 4 is 10.0 Å². The quantitative estimate of drug-likeness (QED) is 0.594. The minimum atomic E-state index is -4.48. The van der Waals surface area contributed by atoms with E-state index in [1.54, 1.807) is 7.11 Å². The van der Waals surface area contributed by atoms with Crippen molar-refractivity contribution in [1.82, 2.24) is 15.0 Å². The third-order valence-electron chi connectivity index (χ3n) is 2.48. The van der Waals surface area contributed by atoms with Crippen LogP contribution in [0.2, 0.25) is 0 Å². The molecule has 0 spiro atoms. The monoisotopic (exact) mass is 357 g/mol. The molecule has 0 aliphatic carbocycles. The van der Waals surface area contributed by atoms with Crippen LogP contribution in [0.4, 0.5) is 13.2 Å². The molecule has 0 unspecified atom stereocenters. The number of nitrogens with zero attached hydrogens (tertiary/aromatic N) is 1. The lowest BCUT2D eigenvalue weighted by Gasteiger charge is -2.10. The zero-order chi connectivity index (χ0) is 17.3. The molecule has 1 aromatic heterocycles. The Bertz CT molecular complexity index is 564. The first-order valence-corrected chi connectivity index (χ1v) is 8.08. The molecule has 11 heteroatoms. The highest BCUT2D eigenvalue weighted by molar-refractivity contribution is 7.89. The van der Waals surface area contributed by atoms with Crippen LogP contribution in [-0.2, 0) is 14.8 Å². The maximum atomic E-state index is 12.0. The molecule has 23 heavy (non-hydrogen) atoms. The predicted octanol–water partition coefficient (Wildman–Crippen LogP) is 0.537. The number of ether oxygens (including phenoxy) is 2. The molecule has 2 N–H and O–H groups in total. The van der Waals surface area contributed by atoms with Crippen molar-refractivity contribution in [1.29, 1.82) is 0 Å². The zero-order valence-corrected chi connectivity index (χ0v) is 13.2. The first-order chi connectivity index (χ1) is 10.7. The van der Waals surface area contributed by atoms with E-state index in [9.17, 15) is 21.6 Å². The molecule has 0 aliphatic heterocycles. The van der Waals surface area contributed by atoms with Gasteiger partial charge in [-0.05, 0) is 6.07 Å². The number of rotatable bonds is 10. The average Bonchev–Trinajstić information content (AvgIpc) is 2.48. The number of hydrogen-bond acceptors (Lipinski definition) is 6. The topological polar surface area (TPSA) is 89.6 Å². The summed E-state index contributed by atoms with van der Waals surface area (Å²) in [6.45, 7) is 0.166. The van der Waals surface area contributed by atoms with Crippen molar-refractivity contribution in [2.24, 2.45) is 0 Å². The SMILES string of the molecule is COCCNCCNS(=O)(=O)c1ccc(OCC(F)(F)F)nc1. The first-order valence-electron chi connectivity index (χ1n) is 6.59. The molecule has 0 amide bonds. The maximum absolute atomic E-state index is 12.0. The van der Waals surface area contributed by atoms with Crippen LogP contribution in [0.5, 0.6) is 5.88 Å². The number of nitrogens with one attached hydrogen (secondary N) is 2. The maximum Gasteiger partial charge on any atom is 0.422 e. The molecule has 0 bridgehead atoms. The third kappa shape index (κ3) is 8.11. The van der Waals surface area contributed by atoms with Gasteiger partial charge in [0.15, 0.2) is 6.61 Å². The molecule has 0 atom stereocenters. The van der Waals surface area contributed by atoms with E-state index in [1.807, 2.05) is 0 Å². The molecular weight excluding hydrogens is 339 g/mol. The Kier molecular flexibility index (Phi) is 7.68. The largest absolute Gasteiger partial charge is 0.468 e. The minimum absolute atomic E-state index is 0.151. The van der Waals surface area contributed by atoms with Gasteiger partial charge in [-0.25, -0.2) is 18.1 Å². The van der Waals surface area contributed by atoms with Crippen molar-refractivity contribution in [3.63, 3.8) is 0 Å². The summed E-state index contributed by atoms with van der Waals surface area (Å²) >= 11 is 0.